The summed E-state index contributed by atoms with van der Waals surface area (Å²) >= 11 is 0. The number of pyridine rings is 1. The van der Waals surface area contributed by atoms with Crippen LogP contribution in [0.2, 0.25) is 0 Å². The Bertz CT molecular complexity index is 1060. The van der Waals surface area contributed by atoms with E-state index in [4.69, 9.17) is 9.72 Å². The van der Waals surface area contributed by atoms with Crippen LogP contribution in [0.25, 0.3) is 11.3 Å². The highest BCUT2D eigenvalue weighted by molar-refractivity contribution is 5.85. The van der Waals surface area contributed by atoms with E-state index in [2.05, 4.69) is 86.4 Å². The summed E-state index contributed by atoms with van der Waals surface area (Å²) in [5.41, 5.74) is 8.80. The second-order valence-electron chi connectivity index (χ2n) is 9.59. The van der Waals surface area contributed by atoms with Crippen LogP contribution in [0.1, 0.15) is 54.9 Å². The lowest BCUT2D eigenvalue weighted by Crippen LogP contribution is -2.43. The molecule has 0 spiro atoms. The molecule has 1 aliphatic heterocycles. The Kier molecular flexibility index (Phi) is 12.0. The van der Waals surface area contributed by atoms with Crippen molar-refractivity contribution in [2.24, 2.45) is 0 Å². The van der Waals surface area contributed by atoms with Crippen LogP contribution in [0.5, 0.6) is 5.75 Å². The maximum absolute atomic E-state index is 5.90. The van der Waals surface area contributed by atoms with Crippen molar-refractivity contribution in [3.63, 3.8) is 0 Å². The Morgan fingerprint density at radius 1 is 0.944 bits per heavy atom. The first-order chi connectivity index (χ1) is 16.5. The van der Waals surface area contributed by atoms with Gasteiger partial charge in [-0.3, -0.25) is 4.98 Å². The van der Waals surface area contributed by atoms with Gasteiger partial charge in [-0.05, 0) is 124 Å². The second-order valence-corrected chi connectivity index (χ2v) is 9.59. The van der Waals surface area contributed by atoms with Gasteiger partial charge < -0.3 is 15.0 Å². The van der Waals surface area contributed by atoms with Crippen LogP contribution in [0.4, 0.5) is 5.69 Å². The third-order valence-corrected chi connectivity index (χ3v) is 7.08. The molecule has 2 heterocycles. The molecule has 0 atom stereocenters. The van der Waals surface area contributed by atoms with E-state index >= 15 is 0 Å². The topological polar surface area (TPSA) is 37.4 Å². The lowest BCUT2D eigenvalue weighted by molar-refractivity contribution is 0.309. The van der Waals surface area contributed by atoms with Gasteiger partial charge in [-0.25, -0.2) is 0 Å². The Morgan fingerprint density at radius 2 is 1.61 bits per heavy atom. The van der Waals surface area contributed by atoms with E-state index in [1.54, 1.807) is 0 Å². The quantitative estimate of drug-likeness (QED) is 0.292. The van der Waals surface area contributed by atoms with E-state index in [1.165, 1.54) is 33.5 Å². The average Bonchev–Trinajstić information content (AvgIpc) is 2.87. The number of benzene rings is 2. The number of aromatic nitrogens is 1. The average molecular weight is 531 g/mol. The molecule has 6 heteroatoms. The van der Waals surface area contributed by atoms with Crippen molar-refractivity contribution in [1.82, 2.24) is 10.3 Å². The Labute approximate surface area is 229 Å². The predicted molar refractivity (Wildman–Crippen MR) is 157 cm³/mol. The van der Waals surface area contributed by atoms with Crippen molar-refractivity contribution in [3.8, 4) is 17.0 Å². The smallest absolute Gasteiger partial charge is 0.119 e. The molecule has 0 radical (unpaired) electrons. The minimum Gasteiger partial charge on any atom is -0.494 e. The van der Waals surface area contributed by atoms with Crippen molar-refractivity contribution < 1.29 is 4.74 Å². The number of halogens is 2. The molecule has 4 rings (SSSR count). The molecule has 196 valence electrons. The number of unbranched alkanes of at least 4 members (excludes halogenated alkanes) is 1. The van der Waals surface area contributed by atoms with E-state index in [1.807, 2.05) is 6.20 Å². The fourth-order valence-electron chi connectivity index (χ4n) is 4.73. The lowest BCUT2D eigenvalue weighted by atomic mass is 9.98. The molecule has 36 heavy (non-hydrogen) atoms. The summed E-state index contributed by atoms with van der Waals surface area (Å²) in [6.07, 6.45) is 6.51. The van der Waals surface area contributed by atoms with Gasteiger partial charge in [0.05, 0.1) is 12.3 Å². The molecular weight excluding hydrogens is 489 g/mol. The molecule has 1 aliphatic rings. The maximum atomic E-state index is 5.90. The molecule has 1 saturated heterocycles. The first-order valence-electron chi connectivity index (χ1n) is 12.8. The van der Waals surface area contributed by atoms with Crippen LogP contribution in [0.15, 0.2) is 54.7 Å². The third-order valence-electron chi connectivity index (χ3n) is 7.08. The van der Waals surface area contributed by atoms with Gasteiger partial charge in [-0.1, -0.05) is 13.3 Å². The van der Waals surface area contributed by atoms with E-state index < -0.39 is 0 Å². The molecular formula is C30H41Cl2N3O. The summed E-state index contributed by atoms with van der Waals surface area (Å²) in [6, 6.07) is 18.1. The summed E-state index contributed by atoms with van der Waals surface area (Å²) in [7, 11) is 0. The summed E-state index contributed by atoms with van der Waals surface area (Å²) in [5, 5.41) is 3.51. The molecule has 3 aromatic rings. The normalized spacial score (nSPS) is 13.4. The number of aryl methyl sites for hydroxylation is 2. The second kappa shape index (κ2) is 14.5. The molecule has 0 aliphatic carbocycles. The van der Waals surface area contributed by atoms with Crippen LogP contribution >= 0.6 is 24.8 Å². The standard InChI is InChI=1S/C30H39N3O.2ClH/c1-5-6-17-34-29-9-7-27(8-10-29)33(28-12-14-31-15-13-28)21-25-11-16-32-30(20-25)26-18-22(2)24(4)23(3)19-26;;/h7-11,16,18-20,28,31H,5-6,12-15,17,21H2,1-4H3;2*1H. The van der Waals surface area contributed by atoms with Crippen LogP contribution in [0, 0.1) is 20.8 Å². The van der Waals surface area contributed by atoms with E-state index in [9.17, 15) is 0 Å². The van der Waals surface area contributed by atoms with Gasteiger partial charge in [0.2, 0.25) is 0 Å². The monoisotopic (exact) mass is 529 g/mol. The highest BCUT2D eigenvalue weighted by Gasteiger charge is 2.22. The summed E-state index contributed by atoms with van der Waals surface area (Å²) in [4.78, 5) is 7.29. The molecule has 1 N–H and O–H groups in total. The zero-order chi connectivity index (χ0) is 23.9. The largest absolute Gasteiger partial charge is 0.494 e. The Hall–Kier alpha value is -2.27. The number of anilines is 1. The zero-order valence-electron chi connectivity index (χ0n) is 22.0. The molecule has 4 nitrogen and oxygen atoms in total. The van der Waals surface area contributed by atoms with Crippen LogP contribution in [0.3, 0.4) is 0 Å². The number of piperidine rings is 1. The van der Waals surface area contributed by atoms with E-state index in [0.29, 0.717) is 6.04 Å². The summed E-state index contributed by atoms with van der Waals surface area (Å²) in [6.45, 7) is 12.6. The third kappa shape index (κ3) is 7.61. The van der Waals surface area contributed by atoms with Crippen molar-refractivity contribution in [2.75, 3.05) is 24.6 Å². The molecule has 0 unspecified atom stereocenters. The summed E-state index contributed by atoms with van der Waals surface area (Å²) in [5.74, 6) is 0.957. The number of hydrogen-bond donors (Lipinski definition) is 1. The first kappa shape index (κ1) is 30.0. The molecule has 0 bridgehead atoms. The number of rotatable bonds is 9. The van der Waals surface area contributed by atoms with Crippen LogP contribution < -0.4 is 15.0 Å². The van der Waals surface area contributed by atoms with Crippen molar-refractivity contribution in [1.29, 1.82) is 0 Å². The van der Waals surface area contributed by atoms with Gasteiger partial charge in [0.1, 0.15) is 5.75 Å². The minimum atomic E-state index is 0. The number of nitrogens with zero attached hydrogens (tertiary/aromatic N) is 2. The van der Waals surface area contributed by atoms with Gasteiger partial charge in [-0.15, -0.1) is 24.8 Å². The SMILES string of the molecule is CCCCOc1ccc(N(Cc2ccnc(-c3cc(C)c(C)c(C)c3)c2)C2CCNCC2)cc1.Cl.Cl. The minimum absolute atomic E-state index is 0. The Morgan fingerprint density at radius 3 is 2.25 bits per heavy atom. The van der Waals surface area contributed by atoms with Gasteiger partial charge >= 0.3 is 0 Å². The number of nitrogens with one attached hydrogen (secondary N) is 1. The number of ether oxygens (including phenoxy) is 1. The fourth-order valence-corrected chi connectivity index (χ4v) is 4.73. The van der Waals surface area contributed by atoms with Crippen molar-refractivity contribution >= 4 is 30.5 Å². The number of hydrogen-bond acceptors (Lipinski definition) is 4. The zero-order valence-corrected chi connectivity index (χ0v) is 23.7. The predicted octanol–water partition coefficient (Wildman–Crippen LogP) is 7.45. The van der Waals surface area contributed by atoms with Gasteiger partial charge in [0.15, 0.2) is 0 Å². The summed E-state index contributed by atoms with van der Waals surface area (Å²) < 4.78 is 5.90. The van der Waals surface area contributed by atoms with E-state index in [-0.39, 0.29) is 24.8 Å². The van der Waals surface area contributed by atoms with Gasteiger partial charge in [0.25, 0.3) is 0 Å². The van der Waals surface area contributed by atoms with Crippen LogP contribution in [-0.2, 0) is 6.54 Å². The molecule has 0 saturated carbocycles. The van der Waals surface area contributed by atoms with Gasteiger partial charge in [0, 0.05) is 30.0 Å². The fraction of sp³-hybridized carbons (Fsp3) is 0.433. The maximum Gasteiger partial charge on any atom is 0.119 e. The molecule has 2 aromatic carbocycles. The van der Waals surface area contributed by atoms with E-state index in [0.717, 1.165) is 63.4 Å². The van der Waals surface area contributed by atoms with Crippen molar-refractivity contribution in [3.05, 3.63) is 77.0 Å². The molecule has 1 fully saturated rings. The lowest BCUT2D eigenvalue weighted by Gasteiger charge is -2.36. The highest BCUT2D eigenvalue weighted by Crippen LogP contribution is 2.28. The van der Waals surface area contributed by atoms with Crippen molar-refractivity contribution in [2.45, 2.75) is 66.0 Å². The molecule has 1 aromatic heterocycles. The first-order valence-corrected chi connectivity index (χ1v) is 12.8. The Balaban J connectivity index is 0.00000228. The highest BCUT2D eigenvalue weighted by atomic mass is 35.5. The van der Waals surface area contributed by atoms with Gasteiger partial charge in [-0.2, -0.15) is 0 Å². The molecule has 0 amide bonds. The van der Waals surface area contributed by atoms with Crippen LogP contribution in [-0.4, -0.2) is 30.7 Å².